The SMILES string of the molecule is CNC1(c2ccc(Br)cc2)COC1. The van der Waals surface area contributed by atoms with Crippen LogP contribution < -0.4 is 5.32 Å². The number of halogens is 1. The van der Waals surface area contributed by atoms with E-state index in [4.69, 9.17) is 4.74 Å². The highest BCUT2D eigenvalue weighted by Crippen LogP contribution is 2.29. The van der Waals surface area contributed by atoms with Crippen molar-refractivity contribution in [1.82, 2.24) is 5.32 Å². The Morgan fingerprint density at radius 3 is 2.31 bits per heavy atom. The van der Waals surface area contributed by atoms with Crippen LogP contribution >= 0.6 is 15.9 Å². The van der Waals surface area contributed by atoms with Gasteiger partial charge < -0.3 is 10.1 Å². The minimum atomic E-state index is 0.0562. The summed E-state index contributed by atoms with van der Waals surface area (Å²) in [6.07, 6.45) is 0. The van der Waals surface area contributed by atoms with Crippen LogP contribution in [0.15, 0.2) is 28.7 Å². The minimum absolute atomic E-state index is 0.0562. The third kappa shape index (κ3) is 1.52. The Labute approximate surface area is 86.4 Å². The number of hydrogen-bond acceptors (Lipinski definition) is 2. The third-order valence-electron chi connectivity index (χ3n) is 2.57. The summed E-state index contributed by atoms with van der Waals surface area (Å²) in [4.78, 5) is 0. The van der Waals surface area contributed by atoms with Gasteiger partial charge in [-0.3, -0.25) is 0 Å². The molecular weight excluding hydrogens is 230 g/mol. The highest BCUT2D eigenvalue weighted by Gasteiger charge is 2.38. The lowest BCUT2D eigenvalue weighted by Gasteiger charge is -2.41. The van der Waals surface area contributed by atoms with E-state index < -0.39 is 0 Å². The van der Waals surface area contributed by atoms with E-state index in [9.17, 15) is 0 Å². The number of rotatable bonds is 2. The van der Waals surface area contributed by atoms with Crippen LogP contribution in [-0.2, 0) is 10.3 Å². The first-order valence-corrected chi connectivity index (χ1v) is 5.09. The molecule has 1 aromatic rings. The van der Waals surface area contributed by atoms with Gasteiger partial charge in [-0.2, -0.15) is 0 Å². The maximum absolute atomic E-state index is 5.24. The normalized spacial score (nSPS) is 19.5. The molecule has 0 aromatic heterocycles. The topological polar surface area (TPSA) is 21.3 Å². The van der Waals surface area contributed by atoms with Gasteiger partial charge in [-0.25, -0.2) is 0 Å². The van der Waals surface area contributed by atoms with Crippen molar-refractivity contribution in [2.24, 2.45) is 0 Å². The molecule has 2 rings (SSSR count). The molecule has 0 spiro atoms. The monoisotopic (exact) mass is 241 g/mol. The zero-order chi connectivity index (χ0) is 9.31. The smallest absolute Gasteiger partial charge is 0.0906 e. The van der Waals surface area contributed by atoms with E-state index in [-0.39, 0.29) is 5.54 Å². The van der Waals surface area contributed by atoms with E-state index >= 15 is 0 Å². The Balaban J connectivity index is 2.28. The van der Waals surface area contributed by atoms with Gasteiger partial charge in [0, 0.05) is 4.47 Å². The molecule has 13 heavy (non-hydrogen) atoms. The first-order chi connectivity index (χ1) is 6.27. The molecule has 0 saturated carbocycles. The van der Waals surface area contributed by atoms with Crippen molar-refractivity contribution in [3.05, 3.63) is 34.3 Å². The molecule has 1 fully saturated rings. The first kappa shape index (κ1) is 9.19. The van der Waals surface area contributed by atoms with E-state index in [2.05, 4.69) is 45.5 Å². The molecule has 1 aromatic carbocycles. The van der Waals surface area contributed by atoms with Crippen LogP contribution in [0.2, 0.25) is 0 Å². The molecular formula is C10H12BrNO. The standard InChI is InChI=1S/C10H12BrNO/c1-12-10(6-13-7-10)8-2-4-9(11)5-3-8/h2-5,12H,6-7H2,1H3. The van der Waals surface area contributed by atoms with Gasteiger partial charge in [0.25, 0.3) is 0 Å². The lowest BCUT2D eigenvalue weighted by atomic mass is 9.88. The predicted molar refractivity (Wildman–Crippen MR) is 55.7 cm³/mol. The average Bonchev–Trinajstić information content (AvgIpc) is 2.07. The quantitative estimate of drug-likeness (QED) is 0.855. The second-order valence-electron chi connectivity index (χ2n) is 3.33. The Hall–Kier alpha value is -0.380. The van der Waals surface area contributed by atoms with Crippen LogP contribution in [0.3, 0.4) is 0 Å². The van der Waals surface area contributed by atoms with E-state index in [1.54, 1.807) is 0 Å². The van der Waals surface area contributed by atoms with Crippen molar-refractivity contribution in [2.75, 3.05) is 20.3 Å². The molecule has 70 valence electrons. The lowest BCUT2D eigenvalue weighted by molar-refractivity contribution is -0.0747. The number of nitrogens with one attached hydrogen (secondary N) is 1. The summed E-state index contributed by atoms with van der Waals surface area (Å²) in [5, 5.41) is 3.31. The third-order valence-corrected chi connectivity index (χ3v) is 3.10. The van der Waals surface area contributed by atoms with Gasteiger partial charge in [-0.15, -0.1) is 0 Å². The maximum Gasteiger partial charge on any atom is 0.0906 e. The number of benzene rings is 1. The molecule has 0 amide bonds. The summed E-state index contributed by atoms with van der Waals surface area (Å²) in [6.45, 7) is 1.54. The summed E-state index contributed by atoms with van der Waals surface area (Å²) in [5.74, 6) is 0. The summed E-state index contributed by atoms with van der Waals surface area (Å²) >= 11 is 3.42. The van der Waals surface area contributed by atoms with Gasteiger partial charge in [0.1, 0.15) is 0 Å². The van der Waals surface area contributed by atoms with E-state index in [0.29, 0.717) is 0 Å². The van der Waals surface area contributed by atoms with Crippen LogP contribution in [0.1, 0.15) is 5.56 Å². The number of ether oxygens (including phenoxy) is 1. The summed E-state index contributed by atoms with van der Waals surface area (Å²) < 4.78 is 6.35. The van der Waals surface area contributed by atoms with Crippen molar-refractivity contribution >= 4 is 15.9 Å². The maximum atomic E-state index is 5.24. The van der Waals surface area contributed by atoms with Crippen LogP contribution in [-0.4, -0.2) is 20.3 Å². The first-order valence-electron chi connectivity index (χ1n) is 4.29. The van der Waals surface area contributed by atoms with E-state index in [1.807, 2.05) is 7.05 Å². The van der Waals surface area contributed by atoms with Gasteiger partial charge in [-0.05, 0) is 24.7 Å². The Kier molecular flexibility index (Phi) is 2.41. The van der Waals surface area contributed by atoms with Crippen LogP contribution in [0.4, 0.5) is 0 Å². The zero-order valence-electron chi connectivity index (χ0n) is 7.51. The van der Waals surface area contributed by atoms with Gasteiger partial charge in [0.15, 0.2) is 0 Å². The van der Waals surface area contributed by atoms with E-state index in [1.165, 1.54) is 5.56 Å². The fourth-order valence-corrected chi connectivity index (χ4v) is 1.79. The van der Waals surface area contributed by atoms with Gasteiger partial charge >= 0.3 is 0 Å². The molecule has 3 heteroatoms. The molecule has 0 aliphatic carbocycles. The van der Waals surface area contributed by atoms with Crippen LogP contribution in [0.25, 0.3) is 0 Å². The summed E-state index contributed by atoms with van der Waals surface area (Å²) in [6, 6.07) is 8.38. The molecule has 0 radical (unpaired) electrons. The Morgan fingerprint density at radius 2 is 1.92 bits per heavy atom. The van der Waals surface area contributed by atoms with Crippen molar-refractivity contribution in [1.29, 1.82) is 0 Å². The van der Waals surface area contributed by atoms with Gasteiger partial charge in [0.05, 0.1) is 18.8 Å². The second-order valence-corrected chi connectivity index (χ2v) is 4.25. The molecule has 0 unspecified atom stereocenters. The molecule has 1 heterocycles. The zero-order valence-corrected chi connectivity index (χ0v) is 9.10. The van der Waals surface area contributed by atoms with Crippen molar-refractivity contribution in [3.63, 3.8) is 0 Å². The Morgan fingerprint density at radius 1 is 1.31 bits per heavy atom. The van der Waals surface area contributed by atoms with Crippen LogP contribution in [0.5, 0.6) is 0 Å². The second kappa shape index (κ2) is 3.40. The highest BCUT2D eigenvalue weighted by atomic mass is 79.9. The Bertz CT molecular complexity index is 287. The van der Waals surface area contributed by atoms with Gasteiger partial charge in [-0.1, -0.05) is 28.1 Å². The molecule has 1 aliphatic rings. The minimum Gasteiger partial charge on any atom is -0.377 e. The van der Waals surface area contributed by atoms with Gasteiger partial charge in [0.2, 0.25) is 0 Å². The average molecular weight is 242 g/mol. The molecule has 0 bridgehead atoms. The predicted octanol–water partition coefficient (Wildman–Crippen LogP) is 1.89. The summed E-state index contributed by atoms with van der Waals surface area (Å²) in [7, 11) is 1.98. The molecule has 1 saturated heterocycles. The largest absolute Gasteiger partial charge is 0.377 e. The lowest BCUT2D eigenvalue weighted by Crippen LogP contribution is -2.56. The van der Waals surface area contributed by atoms with Crippen molar-refractivity contribution < 1.29 is 4.74 Å². The molecule has 1 aliphatic heterocycles. The van der Waals surface area contributed by atoms with E-state index in [0.717, 1.165) is 17.7 Å². The molecule has 1 N–H and O–H groups in total. The fraction of sp³-hybridized carbons (Fsp3) is 0.400. The number of likely N-dealkylation sites (N-methyl/N-ethyl adjacent to an activating group) is 1. The number of hydrogen-bond donors (Lipinski definition) is 1. The fourth-order valence-electron chi connectivity index (χ4n) is 1.53. The highest BCUT2D eigenvalue weighted by molar-refractivity contribution is 9.10. The molecule has 2 nitrogen and oxygen atoms in total. The van der Waals surface area contributed by atoms with Crippen molar-refractivity contribution in [2.45, 2.75) is 5.54 Å². The van der Waals surface area contributed by atoms with Crippen LogP contribution in [0, 0.1) is 0 Å². The molecule has 0 atom stereocenters. The summed E-state index contributed by atoms with van der Waals surface area (Å²) in [5.41, 5.74) is 1.35. The van der Waals surface area contributed by atoms with Crippen molar-refractivity contribution in [3.8, 4) is 0 Å².